The summed E-state index contributed by atoms with van der Waals surface area (Å²) in [4.78, 5) is 16.5. The van der Waals surface area contributed by atoms with Crippen LogP contribution < -0.4 is 5.32 Å². The van der Waals surface area contributed by atoms with E-state index in [9.17, 15) is 4.79 Å². The Kier molecular flexibility index (Phi) is 7.46. The molecule has 1 aromatic carbocycles. The minimum Gasteiger partial charge on any atom is -0.462 e. The van der Waals surface area contributed by atoms with Crippen molar-refractivity contribution in [3.8, 4) is 0 Å². The number of aryl methyl sites for hydroxylation is 1. The fraction of sp³-hybridized carbons (Fsp3) is 0.167. The Morgan fingerprint density at radius 3 is 2.43 bits per heavy atom. The zero-order valence-corrected chi connectivity index (χ0v) is 16.5. The molecule has 1 amide bonds. The number of amides is 1. The van der Waals surface area contributed by atoms with Crippen molar-refractivity contribution in [2.24, 2.45) is 0 Å². The average Bonchev–Trinajstić information content (AvgIpc) is 2.89. The largest absolute Gasteiger partial charge is 0.462 e. The molecule has 2 heterocycles. The summed E-state index contributed by atoms with van der Waals surface area (Å²) in [6.07, 6.45) is 1.69. The van der Waals surface area contributed by atoms with Crippen LogP contribution in [0.3, 0.4) is 0 Å². The third kappa shape index (κ3) is 4.43. The van der Waals surface area contributed by atoms with E-state index in [0.717, 1.165) is 16.6 Å². The topological polar surface area (TPSA) is 46.9 Å². The molecule has 0 aliphatic heterocycles. The minimum atomic E-state index is -0.193. The SMILES string of the molecule is CC.[CH2-]n1c(C(=O)Nc2ccc(C)cc2)cc2cccnc21.[Y]. The second kappa shape index (κ2) is 8.85. The van der Waals surface area contributed by atoms with E-state index in [-0.39, 0.29) is 38.6 Å². The summed E-state index contributed by atoms with van der Waals surface area (Å²) in [5, 5.41) is 3.76. The normalized spacial score (nSPS) is 9.52. The third-order valence-electron chi connectivity index (χ3n) is 3.20. The molecule has 0 bridgehead atoms. The smallest absolute Gasteiger partial charge is 0.216 e. The zero-order chi connectivity index (χ0) is 16.1. The molecule has 1 radical (unpaired) electrons. The summed E-state index contributed by atoms with van der Waals surface area (Å²) >= 11 is 0. The number of aromatic nitrogens is 2. The molecule has 23 heavy (non-hydrogen) atoms. The molecule has 117 valence electrons. The molecule has 3 aromatic rings. The van der Waals surface area contributed by atoms with Crippen LogP contribution in [-0.4, -0.2) is 15.5 Å². The summed E-state index contributed by atoms with van der Waals surface area (Å²) in [7, 11) is 3.88. The summed E-state index contributed by atoms with van der Waals surface area (Å²) in [5.41, 5.74) is 3.10. The van der Waals surface area contributed by atoms with Crippen LogP contribution in [0.5, 0.6) is 0 Å². The first-order chi connectivity index (χ1) is 10.6. The monoisotopic (exact) mass is 383 g/mol. The number of carbonyl (C=O) groups excluding carboxylic acids is 1. The van der Waals surface area contributed by atoms with Crippen molar-refractivity contribution in [3.63, 3.8) is 0 Å². The number of pyridine rings is 1. The first kappa shape index (κ1) is 19.4. The summed E-state index contributed by atoms with van der Waals surface area (Å²) in [5.74, 6) is -0.193. The summed E-state index contributed by atoms with van der Waals surface area (Å²) in [6, 6.07) is 13.2. The van der Waals surface area contributed by atoms with Crippen molar-refractivity contribution in [1.29, 1.82) is 0 Å². The fourth-order valence-corrected chi connectivity index (χ4v) is 2.11. The molecule has 0 unspecified atom stereocenters. The molecule has 4 nitrogen and oxygen atoms in total. The molecule has 0 atom stereocenters. The predicted octanol–water partition coefficient (Wildman–Crippen LogP) is 4.26. The summed E-state index contributed by atoms with van der Waals surface area (Å²) < 4.78 is 1.55. The van der Waals surface area contributed by atoms with Crippen LogP contribution in [0, 0.1) is 14.0 Å². The van der Waals surface area contributed by atoms with Gasteiger partial charge >= 0.3 is 0 Å². The maximum Gasteiger partial charge on any atom is 0.216 e. The number of rotatable bonds is 2. The molecule has 0 spiro atoms. The second-order valence-electron chi connectivity index (χ2n) is 4.69. The Morgan fingerprint density at radius 2 is 1.83 bits per heavy atom. The molecule has 0 aliphatic carbocycles. The van der Waals surface area contributed by atoms with Crippen LogP contribution in [0.4, 0.5) is 5.69 Å². The van der Waals surface area contributed by atoms with E-state index in [4.69, 9.17) is 0 Å². The molecule has 2 aromatic heterocycles. The van der Waals surface area contributed by atoms with Crippen molar-refractivity contribution >= 4 is 22.6 Å². The standard InChI is InChI=1S/C16H14N3O.C2H6.Y/c1-11-5-7-13(8-6-11)18-16(20)14-10-12-4-3-9-17-15(12)19(14)2;1-2;/h3-10H,2H2,1H3,(H,18,20);1-2H3;/q-1;;. The summed E-state index contributed by atoms with van der Waals surface area (Å²) in [6.45, 7) is 6.01. The van der Waals surface area contributed by atoms with Gasteiger partial charge in [0, 0.05) is 55.9 Å². The second-order valence-corrected chi connectivity index (χ2v) is 4.69. The molecular weight excluding hydrogens is 363 g/mol. The fourth-order valence-electron chi connectivity index (χ4n) is 2.11. The van der Waals surface area contributed by atoms with Crippen molar-refractivity contribution in [2.75, 3.05) is 5.32 Å². The Balaban J connectivity index is 0.000000849. The first-order valence-corrected chi connectivity index (χ1v) is 7.30. The van der Waals surface area contributed by atoms with Crippen molar-refractivity contribution in [1.82, 2.24) is 9.55 Å². The van der Waals surface area contributed by atoms with Gasteiger partial charge in [-0.3, -0.25) is 4.79 Å². The van der Waals surface area contributed by atoms with Gasteiger partial charge in [-0.15, -0.1) is 7.05 Å². The number of hydrogen-bond acceptors (Lipinski definition) is 2. The van der Waals surface area contributed by atoms with Gasteiger partial charge in [-0.25, -0.2) is 0 Å². The Morgan fingerprint density at radius 1 is 1.17 bits per heavy atom. The van der Waals surface area contributed by atoms with Crippen molar-refractivity contribution in [2.45, 2.75) is 20.8 Å². The maximum atomic E-state index is 12.3. The Hall–Kier alpha value is -1.65. The van der Waals surface area contributed by atoms with E-state index in [0.29, 0.717) is 11.3 Å². The molecule has 5 heteroatoms. The zero-order valence-electron chi connectivity index (χ0n) is 13.7. The van der Waals surface area contributed by atoms with Gasteiger partial charge in [0.05, 0.1) is 0 Å². The van der Waals surface area contributed by atoms with Gasteiger partial charge in [-0.05, 0) is 30.5 Å². The first-order valence-electron chi connectivity index (χ1n) is 7.30. The van der Waals surface area contributed by atoms with E-state index in [1.165, 1.54) is 0 Å². The van der Waals surface area contributed by atoms with E-state index in [2.05, 4.69) is 17.3 Å². The van der Waals surface area contributed by atoms with Gasteiger partial charge in [-0.2, -0.15) is 0 Å². The van der Waals surface area contributed by atoms with Crippen molar-refractivity contribution < 1.29 is 37.5 Å². The van der Waals surface area contributed by atoms with Crippen LogP contribution in [0.25, 0.3) is 11.0 Å². The van der Waals surface area contributed by atoms with Gasteiger partial charge in [0.15, 0.2) is 0 Å². The maximum absolute atomic E-state index is 12.3. The van der Waals surface area contributed by atoms with Crippen LogP contribution >= 0.6 is 0 Å². The number of anilines is 1. The third-order valence-corrected chi connectivity index (χ3v) is 3.20. The quantitative estimate of drug-likeness (QED) is 0.673. The molecule has 0 aliphatic rings. The minimum absolute atomic E-state index is 0. The molecule has 3 rings (SSSR count). The van der Waals surface area contributed by atoms with Crippen LogP contribution in [0.15, 0.2) is 48.7 Å². The number of benzene rings is 1. The van der Waals surface area contributed by atoms with Gasteiger partial charge < -0.3 is 14.9 Å². The van der Waals surface area contributed by atoms with E-state index < -0.39 is 0 Å². The number of fused-ring (bicyclic) bond motifs is 1. The average molecular weight is 383 g/mol. The Labute approximate surface area is 162 Å². The van der Waals surface area contributed by atoms with E-state index >= 15 is 0 Å². The predicted molar refractivity (Wildman–Crippen MR) is 91.0 cm³/mol. The molecule has 0 saturated carbocycles. The number of nitrogens with zero attached hydrogens (tertiary/aromatic N) is 2. The van der Waals surface area contributed by atoms with E-state index in [1.54, 1.807) is 16.8 Å². The van der Waals surface area contributed by atoms with Gasteiger partial charge in [0.2, 0.25) is 5.91 Å². The molecule has 1 N–H and O–H groups in total. The van der Waals surface area contributed by atoms with Gasteiger partial charge in [0.25, 0.3) is 0 Å². The molecule has 0 saturated heterocycles. The van der Waals surface area contributed by atoms with E-state index in [1.807, 2.05) is 57.2 Å². The molecule has 0 fully saturated rings. The Bertz CT molecular complexity index is 779. The van der Waals surface area contributed by atoms with Crippen LogP contribution in [0.1, 0.15) is 29.9 Å². The number of nitrogens with one attached hydrogen (secondary N) is 1. The number of hydrogen-bond donors (Lipinski definition) is 1. The molecular formula is C18H20N3OY-. The number of carbonyl (C=O) groups is 1. The van der Waals surface area contributed by atoms with Gasteiger partial charge in [0.1, 0.15) is 0 Å². The van der Waals surface area contributed by atoms with Crippen molar-refractivity contribution in [3.05, 3.63) is 67.0 Å². The van der Waals surface area contributed by atoms with Gasteiger partial charge in [-0.1, -0.05) is 43.7 Å². The van der Waals surface area contributed by atoms with Crippen LogP contribution in [-0.2, 0) is 32.7 Å². The van der Waals surface area contributed by atoms with Crippen LogP contribution in [0.2, 0.25) is 0 Å².